The molecule has 0 N–H and O–H groups in total. The molecule has 0 aliphatic carbocycles. The van der Waals surface area contributed by atoms with Crippen LogP contribution in [0.15, 0.2) is 53.7 Å². The summed E-state index contributed by atoms with van der Waals surface area (Å²) in [7, 11) is 3.69. The summed E-state index contributed by atoms with van der Waals surface area (Å²) in [6.07, 6.45) is 0. The summed E-state index contributed by atoms with van der Waals surface area (Å²) in [4.78, 5) is 4.87. The molecule has 6 nitrogen and oxygen atoms in total. The van der Waals surface area contributed by atoms with E-state index in [1.54, 1.807) is 18.9 Å². The van der Waals surface area contributed by atoms with Gasteiger partial charge in [-0.05, 0) is 36.4 Å². The first-order valence-electron chi connectivity index (χ1n) is 9.21. The van der Waals surface area contributed by atoms with Crippen molar-refractivity contribution in [3.05, 3.63) is 60.2 Å². The molecule has 2 aromatic carbocycles. The van der Waals surface area contributed by atoms with Crippen LogP contribution in [0.2, 0.25) is 0 Å². The molecule has 7 heteroatoms. The van der Waals surface area contributed by atoms with Crippen LogP contribution in [0.5, 0.6) is 5.75 Å². The van der Waals surface area contributed by atoms with Crippen LogP contribution >= 0.6 is 11.8 Å². The fourth-order valence-corrected chi connectivity index (χ4v) is 4.11. The van der Waals surface area contributed by atoms with E-state index in [-0.39, 0.29) is 0 Å². The molecule has 0 saturated heterocycles. The molecule has 144 valence electrons. The first-order chi connectivity index (χ1) is 13.6. The summed E-state index contributed by atoms with van der Waals surface area (Å²) in [6.45, 7) is 4.25. The molecule has 4 rings (SSSR count). The van der Waals surface area contributed by atoms with Crippen molar-refractivity contribution in [2.75, 3.05) is 7.11 Å². The predicted molar refractivity (Wildman–Crippen MR) is 112 cm³/mol. The molecule has 0 amide bonds. The number of hydrogen-bond donors (Lipinski definition) is 0. The highest BCUT2D eigenvalue weighted by Gasteiger charge is 2.16. The van der Waals surface area contributed by atoms with Gasteiger partial charge in [-0.2, -0.15) is 0 Å². The quantitative estimate of drug-likeness (QED) is 0.449. The van der Waals surface area contributed by atoms with E-state index in [0.29, 0.717) is 11.7 Å². The zero-order valence-corrected chi connectivity index (χ0v) is 17.3. The minimum absolute atomic E-state index is 0.343. The zero-order chi connectivity index (χ0) is 19.7. The van der Waals surface area contributed by atoms with Crippen LogP contribution in [0, 0.1) is 0 Å². The lowest BCUT2D eigenvalue weighted by molar-refractivity contribution is 0.414. The lowest BCUT2D eigenvalue weighted by atomic mass is 10.2. The van der Waals surface area contributed by atoms with Crippen LogP contribution in [0.1, 0.15) is 31.4 Å². The number of imidazole rings is 1. The van der Waals surface area contributed by atoms with Gasteiger partial charge in [0.1, 0.15) is 17.4 Å². The summed E-state index contributed by atoms with van der Waals surface area (Å²) in [5.41, 5.74) is 3.13. The molecule has 2 heterocycles. The Balaban J connectivity index is 1.70. The van der Waals surface area contributed by atoms with Crippen molar-refractivity contribution in [3.63, 3.8) is 0 Å². The lowest BCUT2D eigenvalue weighted by Gasteiger charge is -2.10. The second-order valence-corrected chi connectivity index (χ2v) is 7.84. The van der Waals surface area contributed by atoms with Crippen molar-refractivity contribution in [1.29, 1.82) is 0 Å². The SMILES string of the molecule is COc1ccc(-n2c(CSc3nnc(C(C)C)n3C)nc3ccccc32)cc1. The summed E-state index contributed by atoms with van der Waals surface area (Å²) in [6, 6.07) is 16.3. The summed E-state index contributed by atoms with van der Waals surface area (Å²) < 4.78 is 9.56. The minimum atomic E-state index is 0.343. The third-order valence-electron chi connectivity index (χ3n) is 4.68. The van der Waals surface area contributed by atoms with Gasteiger partial charge < -0.3 is 9.30 Å². The Labute approximate surface area is 168 Å². The summed E-state index contributed by atoms with van der Waals surface area (Å²) >= 11 is 1.65. The van der Waals surface area contributed by atoms with E-state index >= 15 is 0 Å². The Hall–Kier alpha value is -2.80. The number of nitrogens with zero attached hydrogens (tertiary/aromatic N) is 5. The van der Waals surface area contributed by atoms with Crippen LogP contribution in [0.25, 0.3) is 16.7 Å². The Morgan fingerprint density at radius 2 is 1.79 bits per heavy atom. The van der Waals surface area contributed by atoms with Crippen LogP contribution in [-0.2, 0) is 12.8 Å². The highest BCUT2D eigenvalue weighted by molar-refractivity contribution is 7.98. The maximum absolute atomic E-state index is 5.30. The van der Waals surface area contributed by atoms with Crippen molar-refractivity contribution in [3.8, 4) is 11.4 Å². The van der Waals surface area contributed by atoms with Crippen LogP contribution in [0.3, 0.4) is 0 Å². The van der Waals surface area contributed by atoms with Crippen molar-refractivity contribution in [1.82, 2.24) is 24.3 Å². The first kappa shape index (κ1) is 18.6. The van der Waals surface area contributed by atoms with Gasteiger partial charge in [0, 0.05) is 18.7 Å². The van der Waals surface area contributed by atoms with Crippen molar-refractivity contribution in [2.24, 2.45) is 7.05 Å². The van der Waals surface area contributed by atoms with Gasteiger partial charge in [0.15, 0.2) is 5.16 Å². The van der Waals surface area contributed by atoms with Gasteiger partial charge in [-0.1, -0.05) is 37.7 Å². The van der Waals surface area contributed by atoms with Gasteiger partial charge >= 0.3 is 0 Å². The van der Waals surface area contributed by atoms with E-state index in [1.807, 2.05) is 37.4 Å². The number of fused-ring (bicyclic) bond motifs is 1. The minimum Gasteiger partial charge on any atom is -0.497 e. The molecule has 0 aliphatic heterocycles. The van der Waals surface area contributed by atoms with E-state index in [9.17, 15) is 0 Å². The molecule has 0 aliphatic rings. The topological polar surface area (TPSA) is 57.8 Å². The Morgan fingerprint density at radius 1 is 1.04 bits per heavy atom. The smallest absolute Gasteiger partial charge is 0.191 e. The molecule has 0 atom stereocenters. The monoisotopic (exact) mass is 393 g/mol. The molecule has 4 aromatic rings. The van der Waals surface area contributed by atoms with E-state index in [2.05, 4.69) is 51.4 Å². The Bertz CT molecular complexity index is 1100. The van der Waals surface area contributed by atoms with Gasteiger partial charge in [0.25, 0.3) is 0 Å². The van der Waals surface area contributed by atoms with Crippen LogP contribution in [0.4, 0.5) is 0 Å². The largest absolute Gasteiger partial charge is 0.497 e. The Morgan fingerprint density at radius 3 is 2.46 bits per heavy atom. The molecule has 28 heavy (non-hydrogen) atoms. The standard InChI is InChI=1S/C21H23N5OS/c1-14(2)20-23-24-21(25(20)3)28-13-19-22-17-7-5-6-8-18(17)26(19)15-9-11-16(27-4)12-10-15/h5-12,14H,13H2,1-4H3. The predicted octanol–water partition coefficient (Wildman–Crippen LogP) is 4.58. The van der Waals surface area contributed by atoms with Gasteiger partial charge in [0.2, 0.25) is 0 Å². The highest BCUT2D eigenvalue weighted by Crippen LogP contribution is 2.28. The van der Waals surface area contributed by atoms with Crippen molar-refractivity contribution in [2.45, 2.75) is 30.7 Å². The van der Waals surface area contributed by atoms with Gasteiger partial charge in [-0.3, -0.25) is 4.57 Å². The molecule has 0 spiro atoms. The second-order valence-electron chi connectivity index (χ2n) is 6.89. The fourth-order valence-electron chi connectivity index (χ4n) is 3.28. The number of hydrogen-bond acceptors (Lipinski definition) is 5. The van der Waals surface area contributed by atoms with E-state index in [0.717, 1.165) is 39.3 Å². The summed E-state index contributed by atoms with van der Waals surface area (Å²) in [5, 5.41) is 9.57. The third-order valence-corrected chi connectivity index (χ3v) is 5.69. The normalized spacial score (nSPS) is 11.5. The molecule has 0 bridgehead atoms. The number of methoxy groups -OCH3 is 1. The van der Waals surface area contributed by atoms with Crippen LogP contribution < -0.4 is 4.74 Å². The average molecular weight is 394 g/mol. The first-order valence-corrected chi connectivity index (χ1v) is 10.2. The number of thioether (sulfide) groups is 1. The van der Waals surface area contributed by atoms with Crippen LogP contribution in [-0.4, -0.2) is 31.4 Å². The molecular formula is C21H23N5OS. The average Bonchev–Trinajstić information content (AvgIpc) is 3.26. The highest BCUT2D eigenvalue weighted by atomic mass is 32.2. The second kappa shape index (κ2) is 7.67. The van der Waals surface area contributed by atoms with Crippen molar-refractivity contribution < 1.29 is 4.74 Å². The van der Waals surface area contributed by atoms with E-state index in [1.165, 1.54) is 0 Å². The molecule has 0 unspecified atom stereocenters. The summed E-state index contributed by atoms with van der Waals surface area (Å²) in [5.74, 6) is 3.85. The third kappa shape index (κ3) is 3.38. The van der Waals surface area contributed by atoms with E-state index in [4.69, 9.17) is 9.72 Å². The number of rotatable bonds is 6. The van der Waals surface area contributed by atoms with E-state index < -0.39 is 0 Å². The number of benzene rings is 2. The van der Waals surface area contributed by atoms with Gasteiger partial charge in [-0.15, -0.1) is 10.2 Å². The number of para-hydroxylation sites is 2. The number of aromatic nitrogens is 5. The molecule has 0 saturated carbocycles. The zero-order valence-electron chi connectivity index (χ0n) is 16.5. The van der Waals surface area contributed by atoms with Gasteiger partial charge in [0.05, 0.1) is 23.9 Å². The van der Waals surface area contributed by atoms with Crippen molar-refractivity contribution >= 4 is 22.8 Å². The molecule has 0 fully saturated rings. The molecule has 2 aromatic heterocycles. The Kier molecular flexibility index (Phi) is 5.09. The van der Waals surface area contributed by atoms with Gasteiger partial charge in [-0.25, -0.2) is 4.98 Å². The lowest BCUT2D eigenvalue weighted by Crippen LogP contribution is -2.03. The maximum Gasteiger partial charge on any atom is 0.191 e. The maximum atomic E-state index is 5.30. The molecule has 0 radical (unpaired) electrons. The fraction of sp³-hybridized carbons (Fsp3) is 0.286. The molecular weight excluding hydrogens is 370 g/mol. The number of ether oxygens (including phenoxy) is 1.